The van der Waals surface area contributed by atoms with Crippen LogP contribution >= 0.6 is 0 Å². The second-order valence-electron chi connectivity index (χ2n) is 5.86. The number of unbranched alkanes of at least 4 members (excludes halogenated alkanes) is 2. The molecule has 6 heteroatoms. The number of ether oxygens (including phenoxy) is 2. The SMILES string of the molecule is CCCCCOc1ccc(C(=O)OCC(=O)Nc2ccccc2C#N)cc1. The van der Waals surface area contributed by atoms with Crippen molar-refractivity contribution in [1.82, 2.24) is 0 Å². The summed E-state index contributed by atoms with van der Waals surface area (Å²) in [5, 5.41) is 11.6. The second kappa shape index (κ2) is 10.6. The Balaban J connectivity index is 1.81. The van der Waals surface area contributed by atoms with Crippen molar-refractivity contribution in [3.63, 3.8) is 0 Å². The van der Waals surface area contributed by atoms with Gasteiger partial charge in [0.25, 0.3) is 5.91 Å². The highest BCUT2D eigenvalue weighted by atomic mass is 16.5. The van der Waals surface area contributed by atoms with Crippen LogP contribution in [0.3, 0.4) is 0 Å². The summed E-state index contributed by atoms with van der Waals surface area (Å²) in [5.74, 6) is -0.424. The van der Waals surface area contributed by atoms with E-state index in [0.29, 0.717) is 29.2 Å². The highest BCUT2D eigenvalue weighted by Crippen LogP contribution is 2.15. The van der Waals surface area contributed by atoms with Gasteiger partial charge in [0.2, 0.25) is 0 Å². The van der Waals surface area contributed by atoms with Crippen molar-refractivity contribution in [3.05, 3.63) is 59.7 Å². The molecule has 27 heavy (non-hydrogen) atoms. The number of amides is 1. The number of nitrogens with zero attached hydrogens (tertiary/aromatic N) is 1. The third-order valence-electron chi connectivity index (χ3n) is 3.76. The minimum atomic E-state index is -0.601. The van der Waals surface area contributed by atoms with Gasteiger partial charge >= 0.3 is 5.97 Å². The molecule has 0 aliphatic rings. The zero-order valence-corrected chi connectivity index (χ0v) is 15.2. The fraction of sp³-hybridized carbons (Fsp3) is 0.286. The van der Waals surface area contributed by atoms with Crippen molar-refractivity contribution in [3.8, 4) is 11.8 Å². The van der Waals surface area contributed by atoms with Gasteiger partial charge in [-0.2, -0.15) is 5.26 Å². The van der Waals surface area contributed by atoms with E-state index in [0.717, 1.165) is 19.3 Å². The first-order chi connectivity index (χ1) is 13.1. The highest BCUT2D eigenvalue weighted by molar-refractivity contribution is 5.96. The summed E-state index contributed by atoms with van der Waals surface area (Å²) < 4.78 is 10.6. The molecule has 0 aromatic heterocycles. The summed E-state index contributed by atoms with van der Waals surface area (Å²) in [7, 11) is 0. The Kier molecular flexibility index (Phi) is 7.86. The number of para-hydroxylation sites is 1. The van der Waals surface area contributed by atoms with Gasteiger partial charge in [0.15, 0.2) is 6.61 Å². The maximum atomic E-state index is 12.0. The molecule has 1 amide bonds. The number of esters is 1. The molecule has 0 atom stereocenters. The summed E-state index contributed by atoms with van der Waals surface area (Å²) >= 11 is 0. The lowest BCUT2D eigenvalue weighted by Crippen LogP contribution is -2.21. The maximum absolute atomic E-state index is 12.0. The van der Waals surface area contributed by atoms with Gasteiger partial charge in [-0.25, -0.2) is 4.79 Å². The van der Waals surface area contributed by atoms with Crippen LogP contribution in [0.5, 0.6) is 5.75 Å². The van der Waals surface area contributed by atoms with Crippen molar-refractivity contribution < 1.29 is 19.1 Å². The van der Waals surface area contributed by atoms with Crippen molar-refractivity contribution in [2.24, 2.45) is 0 Å². The predicted octanol–water partition coefficient (Wildman–Crippen LogP) is 3.92. The molecule has 0 unspecified atom stereocenters. The summed E-state index contributed by atoms with van der Waals surface area (Å²) in [6.07, 6.45) is 3.24. The monoisotopic (exact) mass is 366 g/mol. The van der Waals surface area contributed by atoms with Crippen LogP contribution in [0.15, 0.2) is 48.5 Å². The topological polar surface area (TPSA) is 88.4 Å². The molecular formula is C21H22N2O4. The van der Waals surface area contributed by atoms with Crippen LogP contribution in [0.2, 0.25) is 0 Å². The molecule has 0 aliphatic heterocycles. The Morgan fingerprint density at radius 3 is 2.52 bits per heavy atom. The number of rotatable bonds is 9. The number of anilines is 1. The molecule has 1 N–H and O–H groups in total. The molecule has 2 aromatic rings. The normalized spacial score (nSPS) is 9.93. The fourth-order valence-electron chi connectivity index (χ4n) is 2.32. The van der Waals surface area contributed by atoms with Crippen molar-refractivity contribution in [1.29, 1.82) is 5.26 Å². The standard InChI is InChI=1S/C21H22N2O4/c1-2-3-6-13-26-18-11-9-16(10-12-18)21(25)27-15-20(24)23-19-8-5-4-7-17(19)14-22/h4-5,7-12H,2-3,6,13,15H2,1H3,(H,23,24). The number of nitrogens with one attached hydrogen (secondary N) is 1. The lowest BCUT2D eigenvalue weighted by atomic mass is 10.2. The first-order valence-corrected chi connectivity index (χ1v) is 8.83. The molecule has 6 nitrogen and oxygen atoms in total. The van der Waals surface area contributed by atoms with Crippen molar-refractivity contribution in [2.45, 2.75) is 26.2 Å². The Bertz CT molecular complexity index is 810. The smallest absolute Gasteiger partial charge is 0.338 e. The van der Waals surface area contributed by atoms with Crippen molar-refractivity contribution >= 4 is 17.6 Å². The Hall–Kier alpha value is -3.33. The van der Waals surface area contributed by atoms with Gasteiger partial charge < -0.3 is 14.8 Å². The quantitative estimate of drug-likeness (QED) is 0.537. The summed E-state index contributed by atoms with van der Waals surface area (Å²) in [6, 6.07) is 15.2. The molecule has 0 fully saturated rings. The van der Waals surface area contributed by atoms with Gasteiger partial charge in [0.05, 0.1) is 23.4 Å². The van der Waals surface area contributed by atoms with Crippen LogP contribution in [0.1, 0.15) is 42.1 Å². The van der Waals surface area contributed by atoms with E-state index in [9.17, 15) is 9.59 Å². The van der Waals surface area contributed by atoms with E-state index < -0.39 is 18.5 Å². The first-order valence-electron chi connectivity index (χ1n) is 8.83. The predicted molar refractivity (Wildman–Crippen MR) is 102 cm³/mol. The molecule has 2 aromatic carbocycles. The lowest BCUT2D eigenvalue weighted by molar-refractivity contribution is -0.119. The molecule has 0 saturated heterocycles. The van der Waals surface area contributed by atoms with E-state index in [4.69, 9.17) is 14.7 Å². The van der Waals surface area contributed by atoms with E-state index in [2.05, 4.69) is 12.2 Å². The zero-order valence-electron chi connectivity index (χ0n) is 15.2. The molecule has 0 spiro atoms. The summed E-state index contributed by atoms with van der Waals surface area (Å²) in [6.45, 7) is 2.33. The first kappa shape index (κ1) is 20.0. The Morgan fingerprint density at radius 1 is 1.07 bits per heavy atom. The maximum Gasteiger partial charge on any atom is 0.338 e. The Labute approximate surface area is 158 Å². The van der Waals surface area contributed by atoms with Crippen LogP contribution in [0.25, 0.3) is 0 Å². The number of hydrogen-bond acceptors (Lipinski definition) is 5. The van der Waals surface area contributed by atoms with Crippen LogP contribution < -0.4 is 10.1 Å². The van der Waals surface area contributed by atoms with Gasteiger partial charge in [0.1, 0.15) is 11.8 Å². The average molecular weight is 366 g/mol. The molecule has 0 radical (unpaired) electrons. The third-order valence-corrected chi connectivity index (χ3v) is 3.76. The largest absolute Gasteiger partial charge is 0.494 e. The van der Waals surface area contributed by atoms with Crippen LogP contribution in [0.4, 0.5) is 5.69 Å². The Morgan fingerprint density at radius 2 is 1.81 bits per heavy atom. The fourth-order valence-corrected chi connectivity index (χ4v) is 2.32. The van der Waals surface area contributed by atoms with Crippen LogP contribution in [0, 0.1) is 11.3 Å². The van der Waals surface area contributed by atoms with Gasteiger partial charge in [-0.1, -0.05) is 31.9 Å². The summed E-state index contributed by atoms with van der Waals surface area (Å²) in [5.41, 5.74) is 1.05. The minimum absolute atomic E-state index is 0.334. The van der Waals surface area contributed by atoms with Gasteiger partial charge in [-0.05, 0) is 42.8 Å². The molecule has 0 aliphatic carbocycles. The van der Waals surface area contributed by atoms with Gasteiger partial charge in [-0.3, -0.25) is 4.79 Å². The van der Waals surface area contributed by atoms with E-state index >= 15 is 0 Å². The molecule has 2 rings (SSSR count). The molecular weight excluding hydrogens is 344 g/mol. The molecule has 0 heterocycles. The van der Waals surface area contributed by atoms with Gasteiger partial charge in [-0.15, -0.1) is 0 Å². The summed E-state index contributed by atoms with van der Waals surface area (Å²) in [4.78, 5) is 24.0. The van der Waals surface area contributed by atoms with E-state index in [1.165, 1.54) is 0 Å². The minimum Gasteiger partial charge on any atom is -0.494 e. The number of carbonyl (C=O) groups is 2. The van der Waals surface area contributed by atoms with Crippen LogP contribution in [-0.2, 0) is 9.53 Å². The van der Waals surface area contributed by atoms with E-state index in [-0.39, 0.29) is 0 Å². The lowest BCUT2D eigenvalue weighted by Gasteiger charge is -2.09. The average Bonchev–Trinajstić information content (AvgIpc) is 2.70. The van der Waals surface area contributed by atoms with E-state index in [1.54, 1.807) is 48.5 Å². The number of carbonyl (C=O) groups excluding carboxylic acids is 2. The van der Waals surface area contributed by atoms with Crippen molar-refractivity contribution in [2.75, 3.05) is 18.5 Å². The zero-order chi connectivity index (χ0) is 19.5. The molecule has 0 saturated carbocycles. The number of hydrogen-bond donors (Lipinski definition) is 1. The molecule has 140 valence electrons. The highest BCUT2D eigenvalue weighted by Gasteiger charge is 2.12. The molecule has 0 bridgehead atoms. The number of nitriles is 1. The number of benzene rings is 2. The van der Waals surface area contributed by atoms with Crippen LogP contribution in [-0.4, -0.2) is 25.1 Å². The van der Waals surface area contributed by atoms with Gasteiger partial charge in [0, 0.05) is 0 Å². The second-order valence-corrected chi connectivity index (χ2v) is 5.86. The third kappa shape index (κ3) is 6.48. The van der Waals surface area contributed by atoms with E-state index in [1.807, 2.05) is 6.07 Å².